The number of aliphatic hydroxyl groups is 1. The third-order valence-electron chi connectivity index (χ3n) is 8.02. The number of nitrogens with one attached hydrogen (secondary N) is 2. The number of amides is 2. The van der Waals surface area contributed by atoms with Crippen LogP contribution in [0.15, 0.2) is 24.3 Å². The van der Waals surface area contributed by atoms with Gasteiger partial charge >= 0.3 is 0 Å². The van der Waals surface area contributed by atoms with E-state index in [2.05, 4.69) is 15.2 Å². The van der Waals surface area contributed by atoms with Crippen LogP contribution in [0.2, 0.25) is 0 Å². The van der Waals surface area contributed by atoms with Gasteiger partial charge in [0.15, 0.2) is 0 Å². The predicted molar refractivity (Wildman–Crippen MR) is 155 cm³/mol. The molecule has 7 nitrogen and oxygen atoms in total. The van der Waals surface area contributed by atoms with Gasteiger partial charge in [0.25, 0.3) is 11.8 Å². The fraction of sp³-hybridized carbons (Fsp3) is 0.625. The summed E-state index contributed by atoms with van der Waals surface area (Å²) in [6.07, 6.45) is 7.77. The van der Waals surface area contributed by atoms with E-state index in [1.165, 1.54) is 32.1 Å². The number of carbonyl (C=O) groups is 2. The first-order valence-electron chi connectivity index (χ1n) is 14.6. The Balaban J connectivity index is 1.78. The second kappa shape index (κ2) is 11.8. The fourth-order valence-corrected chi connectivity index (χ4v) is 5.75. The number of hydrogen-bond donors (Lipinski definition) is 3. The second-order valence-electron chi connectivity index (χ2n) is 13.1. The predicted octanol–water partition coefficient (Wildman–Crippen LogP) is 5.71. The zero-order valence-corrected chi connectivity index (χ0v) is 24.7. The maximum absolute atomic E-state index is 13.5. The van der Waals surface area contributed by atoms with Gasteiger partial charge in [-0.05, 0) is 109 Å². The molecular weight excluding hydrogens is 490 g/mol. The van der Waals surface area contributed by atoms with E-state index in [4.69, 9.17) is 4.74 Å². The summed E-state index contributed by atoms with van der Waals surface area (Å²) in [4.78, 5) is 26.8. The van der Waals surface area contributed by atoms with Crippen molar-refractivity contribution >= 4 is 11.8 Å². The molecule has 0 atom stereocenters. The van der Waals surface area contributed by atoms with Crippen molar-refractivity contribution in [1.82, 2.24) is 15.2 Å². The molecule has 0 spiro atoms. The number of rotatable bonds is 7. The van der Waals surface area contributed by atoms with E-state index >= 15 is 0 Å². The van der Waals surface area contributed by atoms with E-state index in [9.17, 15) is 14.7 Å². The number of carbonyl (C=O) groups excluding carboxylic acids is 2. The van der Waals surface area contributed by atoms with Crippen LogP contribution in [0.5, 0.6) is 0 Å². The lowest BCUT2D eigenvalue weighted by Gasteiger charge is -2.26. The summed E-state index contributed by atoms with van der Waals surface area (Å²) in [6, 6.07) is 7.71. The highest BCUT2D eigenvalue weighted by atomic mass is 16.5. The number of nitrogens with zero attached hydrogens (tertiary/aromatic N) is 1. The first kappa shape index (κ1) is 29.3. The van der Waals surface area contributed by atoms with Crippen LogP contribution in [0, 0.1) is 12.8 Å². The molecule has 214 valence electrons. The van der Waals surface area contributed by atoms with Crippen LogP contribution >= 0.6 is 0 Å². The van der Waals surface area contributed by atoms with E-state index in [-0.39, 0.29) is 17.9 Å². The fourth-order valence-electron chi connectivity index (χ4n) is 5.75. The molecule has 1 saturated heterocycles. The van der Waals surface area contributed by atoms with E-state index in [1.54, 1.807) is 19.9 Å². The third kappa shape index (κ3) is 7.52. The van der Waals surface area contributed by atoms with Crippen molar-refractivity contribution in [1.29, 1.82) is 0 Å². The molecule has 1 aromatic carbocycles. The summed E-state index contributed by atoms with van der Waals surface area (Å²) in [6.45, 7) is 13.5. The summed E-state index contributed by atoms with van der Waals surface area (Å²) in [7, 11) is 0. The smallest absolute Gasteiger partial charge is 0.253 e. The van der Waals surface area contributed by atoms with Crippen LogP contribution in [-0.2, 0) is 16.9 Å². The van der Waals surface area contributed by atoms with Crippen molar-refractivity contribution in [2.24, 2.45) is 5.92 Å². The van der Waals surface area contributed by atoms with Crippen molar-refractivity contribution in [3.8, 4) is 11.3 Å². The molecular formula is C32H47N3O4. The first-order valence-corrected chi connectivity index (χ1v) is 14.6. The molecule has 4 rings (SSSR count). The normalized spacial score (nSPS) is 17.7. The molecule has 1 aromatic heterocycles. The van der Waals surface area contributed by atoms with Crippen LogP contribution in [-0.4, -0.2) is 46.3 Å². The van der Waals surface area contributed by atoms with Gasteiger partial charge in [0.2, 0.25) is 0 Å². The molecule has 39 heavy (non-hydrogen) atoms. The van der Waals surface area contributed by atoms with Crippen LogP contribution in [0.25, 0.3) is 11.3 Å². The summed E-state index contributed by atoms with van der Waals surface area (Å²) in [5, 5.41) is 17.2. The van der Waals surface area contributed by atoms with Crippen LogP contribution in [0.3, 0.4) is 0 Å². The molecule has 0 unspecified atom stereocenters. The van der Waals surface area contributed by atoms with E-state index in [1.807, 2.05) is 45.9 Å². The van der Waals surface area contributed by atoms with Gasteiger partial charge in [0, 0.05) is 48.3 Å². The zero-order valence-electron chi connectivity index (χ0n) is 24.7. The minimum Gasteiger partial charge on any atom is -0.386 e. The largest absolute Gasteiger partial charge is 0.386 e. The quantitative estimate of drug-likeness (QED) is 0.422. The van der Waals surface area contributed by atoms with Gasteiger partial charge in [-0.25, -0.2) is 0 Å². The Morgan fingerprint density at radius 3 is 2.23 bits per heavy atom. The Kier molecular flexibility index (Phi) is 8.91. The van der Waals surface area contributed by atoms with E-state index in [0.29, 0.717) is 35.8 Å². The van der Waals surface area contributed by atoms with Crippen molar-refractivity contribution in [3.05, 3.63) is 46.6 Å². The van der Waals surface area contributed by atoms with Crippen LogP contribution in [0.1, 0.15) is 112 Å². The average molecular weight is 538 g/mol. The molecule has 0 radical (unpaired) electrons. The molecule has 3 N–H and O–H groups in total. The third-order valence-corrected chi connectivity index (χ3v) is 8.02. The molecule has 1 aliphatic carbocycles. The average Bonchev–Trinajstić information content (AvgIpc) is 3.19. The number of ether oxygens (including phenoxy) is 1. The minimum atomic E-state index is -1.13. The lowest BCUT2D eigenvalue weighted by atomic mass is 9.89. The Labute approximate surface area is 233 Å². The van der Waals surface area contributed by atoms with Crippen LogP contribution in [0.4, 0.5) is 0 Å². The highest BCUT2D eigenvalue weighted by Gasteiger charge is 2.27. The van der Waals surface area contributed by atoms with E-state index < -0.39 is 11.1 Å². The van der Waals surface area contributed by atoms with Gasteiger partial charge in [0.1, 0.15) is 0 Å². The summed E-state index contributed by atoms with van der Waals surface area (Å²) in [5.41, 5.74) is 2.98. The maximum atomic E-state index is 13.5. The van der Waals surface area contributed by atoms with E-state index in [0.717, 1.165) is 36.3 Å². The molecule has 2 fully saturated rings. The van der Waals surface area contributed by atoms with Crippen molar-refractivity contribution in [2.45, 2.75) is 110 Å². The number of hydrogen-bond acceptors (Lipinski definition) is 4. The molecule has 2 aromatic rings. The van der Waals surface area contributed by atoms with Gasteiger partial charge < -0.3 is 25.0 Å². The SMILES string of the molecule is Cc1c(C(=O)NC2CCOCC2)cc(-c2cc(C(=O)NC(C)(C)C)cc(C(C)(C)O)c2)n1CC1CCCCC1. The zero-order chi connectivity index (χ0) is 28.4. The molecule has 1 saturated carbocycles. The highest BCUT2D eigenvalue weighted by molar-refractivity contribution is 5.98. The topological polar surface area (TPSA) is 92.6 Å². The second-order valence-corrected chi connectivity index (χ2v) is 13.1. The first-order chi connectivity index (χ1) is 18.3. The van der Waals surface area contributed by atoms with Crippen molar-refractivity contribution in [3.63, 3.8) is 0 Å². The monoisotopic (exact) mass is 537 g/mol. The van der Waals surface area contributed by atoms with Gasteiger partial charge in [0.05, 0.1) is 11.2 Å². The lowest BCUT2D eigenvalue weighted by molar-refractivity contribution is 0.0695. The van der Waals surface area contributed by atoms with Crippen molar-refractivity contribution in [2.75, 3.05) is 13.2 Å². The summed E-state index contributed by atoms with van der Waals surface area (Å²) < 4.78 is 7.73. The maximum Gasteiger partial charge on any atom is 0.253 e. The molecule has 7 heteroatoms. The molecule has 2 heterocycles. The Morgan fingerprint density at radius 2 is 1.62 bits per heavy atom. The summed E-state index contributed by atoms with van der Waals surface area (Å²) >= 11 is 0. The van der Waals surface area contributed by atoms with Gasteiger partial charge in [-0.1, -0.05) is 19.3 Å². The Hall–Kier alpha value is -2.64. The summed E-state index contributed by atoms with van der Waals surface area (Å²) in [5.74, 6) is 0.304. The van der Waals surface area contributed by atoms with Crippen LogP contribution < -0.4 is 10.6 Å². The molecule has 2 amide bonds. The molecule has 1 aliphatic heterocycles. The minimum absolute atomic E-state index is 0.0626. The Morgan fingerprint density at radius 1 is 0.949 bits per heavy atom. The standard InChI is InChI=1S/C32H47N3O4/c1-21-27(30(37)33-26-12-14-39-15-13-26)19-28(35(21)20-22-10-8-7-9-11-22)23-16-24(29(36)34-31(2,3)4)18-25(17-23)32(5,6)38/h16-19,22,26,38H,7-15,20H2,1-6H3,(H,33,37)(H,34,36). The molecule has 2 aliphatic rings. The van der Waals surface area contributed by atoms with Gasteiger partial charge in [-0.15, -0.1) is 0 Å². The van der Waals surface area contributed by atoms with Crippen molar-refractivity contribution < 1.29 is 19.4 Å². The Bertz CT molecular complexity index is 1170. The highest BCUT2D eigenvalue weighted by Crippen LogP contribution is 2.34. The van der Waals surface area contributed by atoms with Gasteiger partial charge in [-0.2, -0.15) is 0 Å². The lowest BCUT2D eigenvalue weighted by Crippen LogP contribution is -2.40. The number of benzene rings is 1. The molecule has 0 bridgehead atoms. The number of aromatic nitrogens is 1. The van der Waals surface area contributed by atoms with Gasteiger partial charge in [-0.3, -0.25) is 9.59 Å².